The lowest BCUT2D eigenvalue weighted by atomic mass is 9.58. The zero-order valence-corrected chi connectivity index (χ0v) is 14.6. The molecule has 0 bridgehead atoms. The van der Waals surface area contributed by atoms with Gasteiger partial charge in [-0.05, 0) is 44.1 Å². The quantitative estimate of drug-likeness (QED) is 0.636. The summed E-state index contributed by atoms with van der Waals surface area (Å²) in [7, 11) is 0. The maximum Gasteiger partial charge on any atom is 0.308 e. The van der Waals surface area contributed by atoms with Crippen LogP contribution in [-0.4, -0.2) is 22.8 Å². The molecule has 0 aromatic rings. The van der Waals surface area contributed by atoms with Gasteiger partial charge in [-0.1, -0.05) is 39.0 Å². The molecular formula is C19H30O3. The third kappa shape index (κ3) is 3.01. The Hall–Kier alpha value is -1.09. The molecule has 0 spiro atoms. The summed E-state index contributed by atoms with van der Waals surface area (Å²) in [6.45, 7) is 14.0. The van der Waals surface area contributed by atoms with Gasteiger partial charge in [0.25, 0.3) is 0 Å². The zero-order chi connectivity index (χ0) is 16.7. The van der Waals surface area contributed by atoms with Crippen LogP contribution in [0.5, 0.6) is 0 Å². The van der Waals surface area contributed by atoms with E-state index in [0.717, 1.165) is 24.0 Å². The highest BCUT2D eigenvalue weighted by atomic mass is 16.5. The van der Waals surface area contributed by atoms with Gasteiger partial charge in [-0.15, -0.1) is 0 Å². The van der Waals surface area contributed by atoms with E-state index >= 15 is 0 Å². The first kappa shape index (κ1) is 17.3. The molecule has 124 valence electrons. The van der Waals surface area contributed by atoms with E-state index in [1.165, 1.54) is 0 Å². The van der Waals surface area contributed by atoms with Gasteiger partial charge in [0, 0.05) is 12.3 Å². The number of esters is 1. The summed E-state index contributed by atoms with van der Waals surface area (Å²) in [5.74, 6) is 0.269. The molecule has 2 rings (SSSR count). The minimum Gasteiger partial charge on any atom is -0.458 e. The number of carbonyl (C=O) groups is 1. The fourth-order valence-electron chi connectivity index (χ4n) is 3.95. The Morgan fingerprint density at radius 3 is 2.64 bits per heavy atom. The van der Waals surface area contributed by atoms with Crippen LogP contribution in [0.4, 0.5) is 0 Å². The van der Waals surface area contributed by atoms with Crippen LogP contribution in [0.1, 0.15) is 53.9 Å². The fraction of sp³-hybridized carbons (Fsp3) is 0.737. The van der Waals surface area contributed by atoms with E-state index in [0.29, 0.717) is 12.3 Å². The van der Waals surface area contributed by atoms with Crippen LogP contribution in [0, 0.1) is 23.7 Å². The summed E-state index contributed by atoms with van der Waals surface area (Å²) in [5, 5.41) is 11.3. The first-order valence-corrected chi connectivity index (χ1v) is 8.43. The number of allylic oxidation sites excluding steroid dienone is 1. The van der Waals surface area contributed by atoms with Crippen LogP contribution in [-0.2, 0) is 9.53 Å². The Labute approximate surface area is 134 Å². The van der Waals surface area contributed by atoms with Crippen molar-refractivity contribution >= 4 is 5.97 Å². The van der Waals surface area contributed by atoms with Gasteiger partial charge in [0.15, 0.2) is 0 Å². The Kier molecular flexibility index (Phi) is 4.86. The molecule has 0 heterocycles. The highest BCUT2D eigenvalue weighted by molar-refractivity contribution is 5.72. The van der Waals surface area contributed by atoms with Crippen molar-refractivity contribution in [1.82, 2.24) is 0 Å². The first-order chi connectivity index (χ1) is 10.2. The molecule has 0 saturated heterocycles. The molecule has 1 fully saturated rings. The molecule has 0 radical (unpaired) electrons. The van der Waals surface area contributed by atoms with E-state index in [-0.39, 0.29) is 29.8 Å². The van der Waals surface area contributed by atoms with Crippen LogP contribution in [0.25, 0.3) is 0 Å². The van der Waals surface area contributed by atoms with Gasteiger partial charge in [0.2, 0.25) is 0 Å². The molecule has 0 amide bonds. The predicted molar refractivity (Wildman–Crippen MR) is 88.2 cm³/mol. The molecule has 1 saturated carbocycles. The molecule has 0 unspecified atom stereocenters. The van der Waals surface area contributed by atoms with Crippen LogP contribution in [0.15, 0.2) is 23.8 Å². The molecule has 1 N–H and O–H groups in total. The topological polar surface area (TPSA) is 46.5 Å². The van der Waals surface area contributed by atoms with Crippen molar-refractivity contribution in [1.29, 1.82) is 0 Å². The number of carbonyl (C=O) groups excluding carboxylic acids is 1. The van der Waals surface area contributed by atoms with Gasteiger partial charge in [-0.3, -0.25) is 4.79 Å². The monoisotopic (exact) mass is 306 g/mol. The summed E-state index contributed by atoms with van der Waals surface area (Å²) in [6, 6.07) is 0. The molecule has 3 heteroatoms. The van der Waals surface area contributed by atoms with Crippen molar-refractivity contribution in [2.24, 2.45) is 23.7 Å². The van der Waals surface area contributed by atoms with Crippen LogP contribution in [0.3, 0.4) is 0 Å². The number of fused-ring (bicyclic) bond motifs is 1. The lowest BCUT2D eigenvalue weighted by Crippen LogP contribution is -2.55. The van der Waals surface area contributed by atoms with Gasteiger partial charge in [0.05, 0.1) is 11.5 Å². The van der Waals surface area contributed by atoms with Gasteiger partial charge in [-0.2, -0.15) is 0 Å². The zero-order valence-electron chi connectivity index (χ0n) is 14.6. The third-order valence-electron chi connectivity index (χ3n) is 5.60. The number of rotatable bonds is 3. The number of aliphatic hydroxyl groups is 1. The summed E-state index contributed by atoms with van der Waals surface area (Å²) in [4.78, 5) is 11.9. The predicted octanol–water partition coefficient (Wildman–Crippen LogP) is 3.87. The van der Waals surface area contributed by atoms with E-state index in [4.69, 9.17) is 4.74 Å². The Morgan fingerprint density at radius 2 is 2.09 bits per heavy atom. The van der Waals surface area contributed by atoms with Gasteiger partial charge in [0.1, 0.15) is 6.10 Å². The van der Waals surface area contributed by atoms with Crippen LogP contribution < -0.4 is 0 Å². The molecular weight excluding hydrogens is 276 g/mol. The largest absolute Gasteiger partial charge is 0.458 e. The van der Waals surface area contributed by atoms with Crippen molar-refractivity contribution in [3.8, 4) is 0 Å². The summed E-state index contributed by atoms with van der Waals surface area (Å²) >= 11 is 0. The Morgan fingerprint density at radius 1 is 1.45 bits per heavy atom. The highest BCUT2D eigenvalue weighted by Gasteiger charge is 2.51. The average Bonchev–Trinajstić information content (AvgIpc) is 2.42. The average molecular weight is 306 g/mol. The minimum atomic E-state index is -0.802. The molecule has 0 aromatic heterocycles. The third-order valence-corrected chi connectivity index (χ3v) is 5.60. The summed E-state index contributed by atoms with van der Waals surface area (Å²) < 4.78 is 5.63. The summed E-state index contributed by atoms with van der Waals surface area (Å²) in [6.07, 6.45) is 4.40. The molecule has 5 atom stereocenters. The van der Waals surface area contributed by atoms with E-state index < -0.39 is 5.60 Å². The maximum absolute atomic E-state index is 11.9. The smallest absolute Gasteiger partial charge is 0.308 e. The van der Waals surface area contributed by atoms with E-state index in [1.54, 1.807) is 0 Å². The lowest BCUT2D eigenvalue weighted by Gasteiger charge is -2.52. The van der Waals surface area contributed by atoms with E-state index in [9.17, 15) is 9.90 Å². The second-order valence-corrected chi connectivity index (χ2v) is 7.64. The standard InChI is InChI=1S/C19H30O3/c1-11(2)15-8-7-14(6)19(21)10-17(13(5)9-16(15)19)22-18(20)12(3)4/h9,12,14-17,21H,1,7-8,10H2,2-6H3/t14-,15+,16+,17-,19-/m1/s1. The SMILES string of the molecule is C=C(C)[C@@H]1CC[C@@H](C)[C@]2(O)C[C@@H](OC(=O)C(C)C)C(C)=C[C@@H]12. The van der Waals surface area contributed by atoms with Crippen molar-refractivity contribution in [3.63, 3.8) is 0 Å². The van der Waals surface area contributed by atoms with Crippen LogP contribution >= 0.6 is 0 Å². The first-order valence-electron chi connectivity index (χ1n) is 8.43. The van der Waals surface area contributed by atoms with Crippen molar-refractivity contribution < 1.29 is 14.6 Å². The lowest BCUT2D eigenvalue weighted by molar-refractivity contribution is -0.161. The van der Waals surface area contributed by atoms with Gasteiger partial charge in [-0.25, -0.2) is 0 Å². The molecule has 0 aliphatic heterocycles. The van der Waals surface area contributed by atoms with Crippen LogP contribution in [0.2, 0.25) is 0 Å². The molecule has 22 heavy (non-hydrogen) atoms. The second kappa shape index (κ2) is 6.19. The number of hydrogen-bond acceptors (Lipinski definition) is 3. The summed E-state index contributed by atoms with van der Waals surface area (Å²) in [5.41, 5.74) is 1.39. The Bertz CT molecular complexity index is 491. The van der Waals surface area contributed by atoms with Crippen molar-refractivity contribution in [3.05, 3.63) is 23.8 Å². The fourth-order valence-corrected chi connectivity index (χ4v) is 3.95. The minimum absolute atomic E-state index is 0.0859. The molecule has 2 aliphatic rings. The number of hydrogen-bond donors (Lipinski definition) is 1. The number of ether oxygens (including phenoxy) is 1. The van der Waals surface area contributed by atoms with E-state index in [2.05, 4.69) is 26.5 Å². The van der Waals surface area contributed by atoms with E-state index in [1.807, 2.05) is 20.8 Å². The second-order valence-electron chi connectivity index (χ2n) is 7.64. The van der Waals surface area contributed by atoms with Crippen molar-refractivity contribution in [2.75, 3.05) is 0 Å². The molecule has 2 aliphatic carbocycles. The Balaban J connectivity index is 2.30. The normalized spacial score (nSPS) is 38.2. The molecule has 3 nitrogen and oxygen atoms in total. The molecule has 0 aromatic carbocycles. The highest BCUT2D eigenvalue weighted by Crippen LogP contribution is 2.50. The van der Waals surface area contributed by atoms with Gasteiger partial charge >= 0.3 is 5.97 Å². The van der Waals surface area contributed by atoms with Crippen molar-refractivity contribution in [2.45, 2.75) is 65.6 Å². The van der Waals surface area contributed by atoms with Gasteiger partial charge < -0.3 is 9.84 Å². The maximum atomic E-state index is 11.9.